The number of β-amino-alcohol motifs (C(OH)–C–C–N with tert-alkyl or cyclic N) is 1. The smallest absolute Gasteiger partial charge is 0.414 e. The van der Waals surface area contributed by atoms with E-state index in [0.717, 1.165) is 11.3 Å². The lowest BCUT2D eigenvalue weighted by Crippen LogP contribution is -2.49. The van der Waals surface area contributed by atoms with Crippen LogP contribution in [0.1, 0.15) is 32.4 Å². The zero-order valence-corrected chi connectivity index (χ0v) is 12.4. The predicted octanol–water partition coefficient (Wildman–Crippen LogP) is 2.06. The molecule has 0 radical (unpaired) electrons. The number of likely N-dealkylation sites (N-methyl/N-ethyl adjacent to an activating group) is 1. The first-order valence-electron chi connectivity index (χ1n) is 6.78. The molecule has 2 rings (SSSR count). The van der Waals surface area contributed by atoms with Crippen molar-refractivity contribution in [3.8, 4) is 0 Å². The molecule has 0 saturated heterocycles. The van der Waals surface area contributed by atoms with Gasteiger partial charge in [0.15, 0.2) is 0 Å². The number of carbonyl (C=O) groups is 1. The summed E-state index contributed by atoms with van der Waals surface area (Å²) in [5, 5.41) is 13.3. The van der Waals surface area contributed by atoms with Crippen molar-refractivity contribution < 1.29 is 14.6 Å². The Bertz CT molecular complexity index is 496. The molecule has 0 fully saturated rings. The predicted molar refractivity (Wildman–Crippen MR) is 77.8 cm³/mol. The van der Waals surface area contributed by atoms with E-state index in [1.165, 1.54) is 4.90 Å². The number of hydrogen-bond acceptors (Lipinski definition) is 4. The first kappa shape index (κ1) is 14.8. The number of para-hydroxylation sites is 1. The molecule has 1 aliphatic heterocycles. The first-order valence-corrected chi connectivity index (χ1v) is 6.78. The number of amides is 1. The van der Waals surface area contributed by atoms with Gasteiger partial charge in [0.25, 0.3) is 0 Å². The number of nitrogens with zero attached hydrogens (tertiary/aromatic N) is 1. The van der Waals surface area contributed by atoms with Crippen LogP contribution in [0, 0.1) is 0 Å². The molecule has 2 N–H and O–H groups in total. The standard InChI is InChI=1S/C15H22N2O3/c1-15(2,3)20-14(19)17-9-12(18)13(16-4)10-7-5-6-8-11(10)17/h5-8,12-13,16,18H,9H2,1-4H3. The third kappa shape index (κ3) is 2.94. The van der Waals surface area contributed by atoms with E-state index in [1.54, 1.807) is 7.05 Å². The van der Waals surface area contributed by atoms with E-state index in [9.17, 15) is 9.90 Å². The summed E-state index contributed by atoms with van der Waals surface area (Å²) in [6, 6.07) is 7.38. The summed E-state index contributed by atoms with van der Waals surface area (Å²) in [5.41, 5.74) is 1.13. The highest BCUT2D eigenvalue weighted by Gasteiger charge is 2.35. The molecule has 0 saturated carbocycles. The van der Waals surface area contributed by atoms with Crippen LogP contribution in [-0.2, 0) is 4.74 Å². The van der Waals surface area contributed by atoms with E-state index >= 15 is 0 Å². The van der Waals surface area contributed by atoms with Crippen LogP contribution in [0.2, 0.25) is 0 Å². The van der Waals surface area contributed by atoms with Gasteiger partial charge in [0, 0.05) is 0 Å². The fraction of sp³-hybridized carbons (Fsp3) is 0.533. The summed E-state index contributed by atoms with van der Waals surface area (Å²) in [7, 11) is 1.80. The topological polar surface area (TPSA) is 61.8 Å². The Kier molecular flexibility index (Phi) is 4.01. The van der Waals surface area contributed by atoms with Crippen molar-refractivity contribution in [2.24, 2.45) is 0 Å². The number of nitrogens with one attached hydrogen (secondary N) is 1. The summed E-state index contributed by atoms with van der Waals surface area (Å²) < 4.78 is 5.41. The van der Waals surface area contributed by atoms with Crippen LogP contribution >= 0.6 is 0 Å². The van der Waals surface area contributed by atoms with Crippen LogP contribution < -0.4 is 10.2 Å². The maximum absolute atomic E-state index is 12.3. The number of hydrogen-bond donors (Lipinski definition) is 2. The van der Waals surface area contributed by atoms with E-state index in [0.29, 0.717) is 0 Å². The summed E-state index contributed by atoms with van der Waals surface area (Å²) in [5.74, 6) is 0. The van der Waals surface area contributed by atoms with Gasteiger partial charge in [-0.05, 0) is 39.4 Å². The maximum Gasteiger partial charge on any atom is 0.414 e. The lowest BCUT2D eigenvalue weighted by molar-refractivity contribution is 0.0528. The second-order valence-corrected chi connectivity index (χ2v) is 5.98. The molecule has 110 valence electrons. The summed E-state index contributed by atoms with van der Waals surface area (Å²) in [6.45, 7) is 5.70. The van der Waals surface area contributed by atoms with Gasteiger partial charge < -0.3 is 15.2 Å². The Balaban J connectivity index is 2.34. The summed E-state index contributed by atoms with van der Waals surface area (Å²) in [6.07, 6.45) is -1.10. The molecule has 1 aromatic carbocycles. The summed E-state index contributed by atoms with van der Waals surface area (Å²) >= 11 is 0. The molecule has 2 unspecified atom stereocenters. The number of fused-ring (bicyclic) bond motifs is 1. The monoisotopic (exact) mass is 278 g/mol. The first-order chi connectivity index (χ1) is 9.33. The highest BCUT2D eigenvalue weighted by molar-refractivity contribution is 5.90. The molecule has 0 bridgehead atoms. The third-order valence-corrected chi connectivity index (χ3v) is 3.24. The van der Waals surface area contributed by atoms with E-state index < -0.39 is 17.8 Å². The fourth-order valence-corrected chi connectivity index (χ4v) is 2.43. The van der Waals surface area contributed by atoms with E-state index in [-0.39, 0.29) is 12.6 Å². The highest BCUT2D eigenvalue weighted by Crippen LogP contribution is 2.34. The Labute approximate surface area is 119 Å². The van der Waals surface area contributed by atoms with Gasteiger partial charge >= 0.3 is 6.09 Å². The Morgan fingerprint density at radius 2 is 2.05 bits per heavy atom. The van der Waals surface area contributed by atoms with Gasteiger partial charge in [-0.3, -0.25) is 4.90 Å². The van der Waals surface area contributed by atoms with Crippen molar-refractivity contribution in [2.75, 3.05) is 18.5 Å². The number of aliphatic hydroxyl groups excluding tert-OH is 1. The van der Waals surface area contributed by atoms with Gasteiger partial charge in [-0.15, -0.1) is 0 Å². The number of carbonyl (C=O) groups excluding carboxylic acids is 1. The number of rotatable bonds is 1. The van der Waals surface area contributed by atoms with Crippen LogP contribution in [0.3, 0.4) is 0 Å². The molecule has 0 spiro atoms. The van der Waals surface area contributed by atoms with Crippen LogP contribution in [0.4, 0.5) is 10.5 Å². The van der Waals surface area contributed by atoms with Gasteiger partial charge in [0.2, 0.25) is 0 Å². The third-order valence-electron chi connectivity index (χ3n) is 3.24. The molecule has 0 aromatic heterocycles. The number of anilines is 1. The molecule has 5 nitrogen and oxygen atoms in total. The number of aliphatic hydroxyl groups is 1. The Morgan fingerprint density at radius 3 is 2.65 bits per heavy atom. The van der Waals surface area contributed by atoms with E-state index in [4.69, 9.17) is 4.74 Å². The number of ether oxygens (including phenoxy) is 1. The van der Waals surface area contributed by atoms with Crippen molar-refractivity contribution in [3.05, 3.63) is 29.8 Å². The maximum atomic E-state index is 12.3. The normalized spacial score (nSPS) is 22.4. The van der Waals surface area contributed by atoms with Crippen molar-refractivity contribution >= 4 is 11.8 Å². The van der Waals surface area contributed by atoms with Crippen molar-refractivity contribution in [3.63, 3.8) is 0 Å². The molecular formula is C15H22N2O3. The average molecular weight is 278 g/mol. The van der Waals surface area contributed by atoms with Gasteiger partial charge in [-0.25, -0.2) is 4.79 Å². The Hall–Kier alpha value is -1.59. The van der Waals surface area contributed by atoms with Crippen LogP contribution in [0.5, 0.6) is 0 Å². The largest absolute Gasteiger partial charge is 0.443 e. The van der Waals surface area contributed by atoms with E-state index in [1.807, 2.05) is 45.0 Å². The van der Waals surface area contributed by atoms with Gasteiger partial charge in [0.05, 0.1) is 24.4 Å². The lowest BCUT2D eigenvalue weighted by atomic mass is 9.94. The van der Waals surface area contributed by atoms with Gasteiger partial charge in [-0.1, -0.05) is 18.2 Å². The molecule has 2 atom stereocenters. The molecule has 20 heavy (non-hydrogen) atoms. The SMILES string of the molecule is CNC1c2ccccc2N(C(=O)OC(C)(C)C)CC1O. The second-order valence-electron chi connectivity index (χ2n) is 5.98. The molecule has 1 aromatic rings. The van der Waals surface area contributed by atoms with E-state index in [2.05, 4.69) is 5.32 Å². The van der Waals surface area contributed by atoms with Crippen molar-refractivity contribution in [1.29, 1.82) is 0 Å². The fourth-order valence-electron chi connectivity index (χ4n) is 2.43. The number of benzene rings is 1. The van der Waals surface area contributed by atoms with Crippen molar-refractivity contribution in [2.45, 2.75) is 38.5 Å². The quantitative estimate of drug-likeness (QED) is 0.825. The van der Waals surface area contributed by atoms with Gasteiger partial charge in [-0.2, -0.15) is 0 Å². The summed E-state index contributed by atoms with van der Waals surface area (Å²) in [4.78, 5) is 13.8. The molecule has 1 heterocycles. The molecule has 1 aliphatic rings. The van der Waals surface area contributed by atoms with Crippen LogP contribution in [0.25, 0.3) is 0 Å². The minimum absolute atomic E-state index is 0.176. The molecule has 5 heteroatoms. The lowest BCUT2D eigenvalue weighted by Gasteiger charge is -2.38. The highest BCUT2D eigenvalue weighted by atomic mass is 16.6. The molecule has 0 aliphatic carbocycles. The zero-order valence-electron chi connectivity index (χ0n) is 12.4. The molecular weight excluding hydrogens is 256 g/mol. The van der Waals surface area contributed by atoms with Crippen LogP contribution in [0.15, 0.2) is 24.3 Å². The zero-order chi connectivity index (χ0) is 14.9. The van der Waals surface area contributed by atoms with Gasteiger partial charge in [0.1, 0.15) is 5.60 Å². The van der Waals surface area contributed by atoms with Crippen molar-refractivity contribution in [1.82, 2.24) is 5.32 Å². The molecule has 1 amide bonds. The second kappa shape index (κ2) is 5.42. The van der Waals surface area contributed by atoms with Crippen LogP contribution in [-0.4, -0.2) is 36.5 Å². The average Bonchev–Trinajstić information content (AvgIpc) is 2.35. The minimum atomic E-state index is -0.664. The Morgan fingerprint density at radius 1 is 1.40 bits per heavy atom. The minimum Gasteiger partial charge on any atom is -0.443 e.